The van der Waals surface area contributed by atoms with Gasteiger partial charge in [0.25, 0.3) is 0 Å². The van der Waals surface area contributed by atoms with E-state index < -0.39 is 0 Å². The van der Waals surface area contributed by atoms with Crippen LogP contribution in [0.3, 0.4) is 0 Å². The Labute approximate surface area is 185 Å². The molecular formula is C26H24N2O2S. The van der Waals surface area contributed by atoms with Crippen molar-refractivity contribution in [3.05, 3.63) is 71.2 Å². The van der Waals surface area contributed by atoms with Gasteiger partial charge in [-0.2, -0.15) is 0 Å². The molecule has 2 aromatic carbocycles. The molecule has 0 aliphatic carbocycles. The van der Waals surface area contributed by atoms with Gasteiger partial charge in [-0.3, -0.25) is 9.88 Å². The highest BCUT2D eigenvalue weighted by Crippen LogP contribution is 2.39. The zero-order chi connectivity index (χ0) is 20.8. The summed E-state index contributed by atoms with van der Waals surface area (Å²) >= 11 is 1.90. The first-order chi connectivity index (χ1) is 15.2. The Balaban J connectivity index is 1.16. The Kier molecular flexibility index (Phi) is 4.66. The Morgan fingerprint density at radius 3 is 2.94 bits per heavy atom. The van der Waals surface area contributed by atoms with Gasteiger partial charge in [-0.1, -0.05) is 24.3 Å². The zero-order valence-electron chi connectivity index (χ0n) is 17.5. The predicted octanol–water partition coefficient (Wildman–Crippen LogP) is 5.69. The molecule has 0 fully saturated rings. The summed E-state index contributed by atoms with van der Waals surface area (Å²) in [5.41, 5.74) is 3.43. The highest BCUT2D eigenvalue weighted by Gasteiger charge is 2.26. The van der Waals surface area contributed by atoms with Crippen molar-refractivity contribution in [2.24, 2.45) is 0 Å². The molecule has 4 aromatic rings. The predicted molar refractivity (Wildman–Crippen MR) is 127 cm³/mol. The van der Waals surface area contributed by atoms with Gasteiger partial charge in [0, 0.05) is 40.3 Å². The van der Waals surface area contributed by atoms with Gasteiger partial charge < -0.3 is 9.47 Å². The van der Waals surface area contributed by atoms with E-state index in [1.807, 2.05) is 36.5 Å². The van der Waals surface area contributed by atoms with Crippen LogP contribution < -0.4 is 9.47 Å². The summed E-state index contributed by atoms with van der Waals surface area (Å²) in [6.45, 7) is 5.46. The van der Waals surface area contributed by atoms with E-state index in [2.05, 4.69) is 52.4 Å². The average molecular weight is 429 g/mol. The van der Waals surface area contributed by atoms with Crippen LogP contribution in [0.15, 0.2) is 60.7 Å². The average Bonchev–Trinajstić information content (AvgIpc) is 3.23. The van der Waals surface area contributed by atoms with Crippen LogP contribution in [-0.2, 0) is 0 Å². The molecule has 1 atom stereocenters. The first-order valence-corrected chi connectivity index (χ1v) is 11.6. The number of thiophene rings is 1. The number of aryl methyl sites for hydroxylation is 1. The molecule has 4 heterocycles. The number of benzene rings is 2. The molecule has 6 rings (SSSR count). The fraction of sp³-hybridized carbons (Fsp3) is 0.269. The fourth-order valence-electron chi connectivity index (χ4n) is 4.50. The molecule has 0 N–H and O–H groups in total. The third-order valence-corrected chi connectivity index (χ3v) is 7.32. The summed E-state index contributed by atoms with van der Waals surface area (Å²) in [5.74, 6) is 1.65. The van der Waals surface area contributed by atoms with Crippen LogP contribution in [-0.4, -0.2) is 42.2 Å². The van der Waals surface area contributed by atoms with Crippen molar-refractivity contribution >= 4 is 37.9 Å². The van der Waals surface area contributed by atoms with E-state index in [4.69, 9.17) is 9.47 Å². The summed E-state index contributed by atoms with van der Waals surface area (Å²) in [6.07, 6.45) is 3.48. The van der Waals surface area contributed by atoms with Gasteiger partial charge in [0.05, 0.1) is 5.52 Å². The lowest BCUT2D eigenvalue weighted by Crippen LogP contribution is -2.42. The molecule has 4 nitrogen and oxygen atoms in total. The molecule has 0 amide bonds. The monoisotopic (exact) mass is 428 g/mol. The van der Waals surface area contributed by atoms with Crippen LogP contribution in [0.1, 0.15) is 17.0 Å². The molecule has 2 aliphatic rings. The smallest absolute Gasteiger partial charge is 0.171 e. The molecule has 0 spiro atoms. The van der Waals surface area contributed by atoms with Crippen LogP contribution in [0, 0.1) is 6.92 Å². The second-order valence-electron chi connectivity index (χ2n) is 8.35. The molecule has 0 saturated heterocycles. The third-order valence-electron chi connectivity index (χ3n) is 6.13. The lowest BCUT2D eigenvalue weighted by molar-refractivity contribution is 0.0632. The first kappa shape index (κ1) is 18.8. The lowest BCUT2D eigenvalue weighted by atomic mass is 10.1. The second-order valence-corrected chi connectivity index (χ2v) is 9.43. The van der Waals surface area contributed by atoms with Crippen molar-refractivity contribution in [2.45, 2.75) is 19.4 Å². The number of nitrogens with zero attached hydrogens (tertiary/aromatic N) is 2. The molecule has 2 aromatic heterocycles. The standard InChI is InChI=1S/C26H24N2O2S/c1-17-6-7-21-22(27-17)8-9-23-26(21)30-20(16-29-23)15-28-12-10-18(11-13-28)25-14-19-4-2-3-5-24(19)31-25/h2-10,14,20H,11-13,15-16H2,1H3. The highest BCUT2D eigenvalue weighted by atomic mass is 32.1. The molecule has 0 radical (unpaired) electrons. The molecule has 156 valence electrons. The normalized spacial score (nSPS) is 19.0. The van der Waals surface area contributed by atoms with Gasteiger partial charge >= 0.3 is 0 Å². The maximum absolute atomic E-state index is 6.41. The first-order valence-electron chi connectivity index (χ1n) is 10.8. The largest absolute Gasteiger partial charge is 0.486 e. The van der Waals surface area contributed by atoms with Gasteiger partial charge in [-0.05, 0) is 60.7 Å². The molecule has 31 heavy (non-hydrogen) atoms. The summed E-state index contributed by atoms with van der Waals surface area (Å²) in [6, 6.07) is 19.1. The molecular weight excluding hydrogens is 404 g/mol. The topological polar surface area (TPSA) is 34.6 Å². The van der Waals surface area contributed by atoms with Gasteiger partial charge in [0.15, 0.2) is 11.5 Å². The molecule has 0 saturated carbocycles. The molecule has 2 aliphatic heterocycles. The second kappa shape index (κ2) is 7.66. The van der Waals surface area contributed by atoms with Crippen molar-refractivity contribution < 1.29 is 9.47 Å². The fourth-order valence-corrected chi connectivity index (χ4v) is 5.63. The van der Waals surface area contributed by atoms with Crippen LogP contribution >= 0.6 is 11.3 Å². The number of pyridine rings is 1. The van der Waals surface area contributed by atoms with Gasteiger partial charge in [-0.25, -0.2) is 0 Å². The minimum atomic E-state index is 0.0266. The summed E-state index contributed by atoms with van der Waals surface area (Å²) in [5, 5.41) is 2.37. The number of rotatable bonds is 3. The van der Waals surface area contributed by atoms with Crippen LogP contribution in [0.25, 0.3) is 26.6 Å². The lowest BCUT2D eigenvalue weighted by Gasteiger charge is -2.33. The molecule has 0 bridgehead atoms. The van der Waals surface area contributed by atoms with E-state index in [0.717, 1.165) is 54.2 Å². The Bertz CT molecular complexity index is 1280. The minimum absolute atomic E-state index is 0.0266. The summed E-state index contributed by atoms with van der Waals surface area (Å²) in [7, 11) is 0. The van der Waals surface area contributed by atoms with Crippen molar-refractivity contribution in [1.82, 2.24) is 9.88 Å². The molecule has 5 heteroatoms. The Morgan fingerprint density at radius 1 is 1.13 bits per heavy atom. The van der Waals surface area contributed by atoms with E-state index in [1.54, 1.807) is 0 Å². The highest BCUT2D eigenvalue weighted by molar-refractivity contribution is 7.20. The number of hydrogen-bond acceptors (Lipinski definition) is 5. The van der Waals surface area contributed by atoms with Gasteiger partial charge in [0.1, 0.15) is 12.7 Å². The van der Waals surface area contributed by atoms with E-state index in [-0.39, 0.29) is 6.10 Å². The van der Waals surface area contributed by atoms with Crippen LogP contribution in [0.2, 0.25) is 0 Å². The number of fused-ring (bicyclic) bond motifs is 4. The van der Waals surface area contributed by atoms with E-state index in [9.17, 15) is 0 Å². The van der Waals surface area contributed by atoms with E-state index in [0.29, 0.717) is 6.61 Å². The van der Waals surface area contributed by atoms with Crippen molar-refractivity contribution in [3.8, 4) is 11.5 Å². The van der Waals surface area contributed by atoms with Crippen molar-refractivity contribution in [1.29, 1.82) is 0 Å². The summed E-state index contributed by atoms with van der Waals surface area (Å²) < 4.78 is 13.8. The van der Waals surface area contributed by atoms with Crippen LogP contribution in [0.4, 0.5) is 0 Å². The number of hydrogen-bond donors (Lipinski definition) is 0. The van der Waals surface area contributed by atoms with Crippen molar-refractivity contribution in [2.75, 3.05) is 26.2 Å². The number of ether oxygens (including phenoxy) is 2. The Hall–Kier alpha value is -2.89. The quantitative estimate of drug-likeness (QED) is 0.420. The number of aromatic nitrogens is 1. The minimum Gasteiger partial charge on any atom is -0.486 e. The summed E-state index contributed by atoms with van der Waals surface area (Å²) in [4.78, 5) is 8.49. The molecule has 1 unspecified atom stereocenters. The SMILES string of the molecule is Cc1ccc2c3c(ccc2n1)OCC(CN1CC=C(c2cc4ccccc4s2)CC1)O3. The Morgan fingerprint density at radius 2 is 2.06 bits per heavy atom. The van der Waals surface area contributed by atoms with Gasteiger partial charge in [0.2, 0.25) is 0 Å². The maximum Gasteiger partial charge on any atom is 0.171 e. The third kappa shape index (κ3) is 3.58. The van der Waals surface area contributed by atoms with Gasteiger partial charge in [-0.15, -0.1) is 11.3 Å². The van der Waals surface area contributed by atoms with Crippen molar-refractivity contribution in [3.63, 3.8) is 0 Å². The van der Waals surface area contributed by atoms with E-state index >= 15 is 0 Å². The van der Waals surface area contributed by atoms with E-state index in [1.165, 1.54) is 20.5 Å². The van der Waals surface area contributed by atoms with Crippen LogP contribution in [0.5, 0.6) is 11.5 Å². The zero-order valence-corrected chi connectivity index (χ0v) is 18.3. The maximum atomic E-state index is 6.41.